The number of rotatable bonds is 3. The molecule has 84 valence electrons. The number of aliphatic hydroxyl groups is 1. The topological polar surface area (TPSA) is 59.1 Å². The van der Waals surface area contributed by atoms with E-state index >= 15 is 0 Å². The van der Waals surface area contributed by atoms with Gasteiger partial charge < -0.3 is 10.8 Å². The second kappa shape index (κ2) is 4.78. The molecule has 0 spiro atoms. The Labute approximate surface area is 98.9 Å². The minimum atomic E-state index is -0.281. The van der Waals surface area contributed by atoms with E-state index in [1.165, 1.54) is 0 Å². The van der Waals surface area contributed by atoms with E-state index in [9.17, 15) is 0 Å². The van der Waals surface area contributed by atoms with Gasteiger partial charge in [0.2, 0.25) is 0 Å². The van der Waals surface area contributed by atoms with E-state index in [4.69, 9.17) is 22.4 Å². The summed E-state index contributed by atoms with van der Waals surface area (Å²) in [6.45, 7) is 0.0424. The lowest BCUT2D eigenvalue weighted by Gasteiger charge is -2.14. The second-order valence-electron chi connectivity index (χ2n) is 3.65. The van der Waals surface area contributed by atoms with E-state index in [0.29, 0.717) is 11.4 Å². The average molecular weight is 237 g/mol. The van der Waals surface area contributed by atoms with Crippen LogP contribution in [0.3, 0.4) is 0 Å². The SMILES string of the molecule is NC(CCO)c1c(Cl)ccc2cccnc12. The first-order valence-corrected chi connectivity index (χ1v) is 5.51. The first-order chi connectivity index (χ1) is 7.74. The number of benzene rings is 1. The van der Waals surface area contributed by atoms with Crippen molar-refractivity contribution in [1.82, 2.24) is 4.98 Å². The molecule has 0 saturated heterocycles. The van der Waals surface area contributed by atoms with Gasteiger partial charge in [0, 0.05) is 34.8 Å². The highest BCUT2D eigenvalue weighted by atomic mass is 35.5. The number of nitrogens with two attached hydrogens (primary N) is 1. The van der Waals surface area contributed by atoms with E-state index in [1.54, 1.807) is 6.20 Å². The molecule has 3 N–H and O–H groups in total. The average Bonchev–Trinajstić information content (AvgIpc) is 2.29. The van der Waals surface area contributed by atoms with Gasteiger partial charge in [-0.05, 0) is 18.6 Å². The third-order valence-corrected chi connectivity index (χ3v) is 2.90. The van der Waals surface area contributed by atoms with Gasteiger partial charge in [0.25, 0.3) is 0 Å². The Morgan fingerprint density at radius 1 is 1.38 bits per heavy atom. The van der Waals surface area contributed by atoms with Crippen LogP contribution in [0.25, 0.3) is 10.9 Å². The standard InChI is InChI=1S/C12H13ClN2O/c13-9-4-3-8-2-1-6-15-12(8)11(9)10(14)5-7-16/h1-4,6,10,16H,5,7,14H2. The monoisotopic (exact) mass is 236 g/mol. The molecule has 2 rings (SSSR count). The number of pyridine rings is 1. The molecule has 0 aliphatic carbocycles. The lowest BCUT2D eigenvalue weighted by molar-refractivity contribution is 0.277. The van der Waals surface area contributed by atoms with E-state index in [0.717, 1.165) is 16.5 Å². The summed E-state index contributed by atoms with van der Waals surface area (Å²) in [4.78, 5) is 4.30. The van der Waals surface area contributed by atoms with Gasteiger partial charge in [-0.25, -0.2) is 0 Å². The number of aliphatic hydroxyl groups excluding tert-OH is 1. The Morgan fingerprint density at radius 2 is 2.19 bits per heavy atom. The van der Waals surface area contributed by atoms with Crippen molar-refractivity contribution >= 4 is 22.5 Å². The van der Waals surface area contributed by atoms with Crippen molar-refractivity contribution in [1.29, 1.82) is 0 Å². The molecule has 1 aromatic carbocycles. The summed E-state index contributed by atoms with van der Waals surface area (Å²) >= 11 is 6.13. The maximum Gasteiger partial charge on any atom is 0.0764 e. The van der Waals surface area contributed by atoms with E-state index in [1.807, 2.05) is 24.3 Å². The van der Waals surface area contributed by atoms with Crippen LogP contribution in [0.15, 0.2) is 30.5 Å². The predicted octanol–water partition coefficient (Wildman–Crippen LogP) is 2.27. The van der Waals surface area contributed by atoms with Crippen LogP contribution in [-0.4, -0.2) is 16.7 Å². The third kappa shape index (κ3) is 2.02. The lowest BCUT2D eigenvalue weighted by atomic mass is 10.0. The summed E-state index contributed by atoms with van der Waals surface area (Å²) in [6, 6.07) is 7.29. The molecular weight excluding hydrogens is 224 g/mol. The van der Waals surface area contributed by atoms with Crippen LogP contribution in [0.2, 0.25) is 5.02 Å². The van der Waals surface area contributed by atoms with E-state index < -0.39 is 0 Å². The zero-order chi connectivity index (χ0) is 11.5. The Morgan fingerprint density at radius 3 is 2.94 bits per heavy atom. The molecule has 4 heteroatoms. The number of aromatic nitrogens is 1. The number of halogens is 1. The van der Waals surface area contributed by atoms with Crippen LogP contribution in [-0.2, 0) is 0 Å². The zero-order valence-corrected chi connectivity index (χ0v) is 9.48. The van der Waals surface area contributed by atoms with Crippen molar-refractivity contribution < 1.29 is 5.11 Å². The zero-order valence-electron chi connectivity index (χ0n) is 8.73. The highest BCUT2D eigenvalue weighted by Gasteiger charge is 2.14. The van der Waals surface area contributed by atoms with Crippen LogP contribution in [0.5, 0.6) is 0 Å². The van der Waals surface area contributed by atoms with Crippen molar-refractivity contribution in [3.05, 3.63) is 41.0 Å². The van der Waals surface area contributed by atoms with Crippen LogP contribution in [0, 0.1) is 0 Å². The molecule has 0 aliphatic heterocycles. The van der Waals surface area contributed by atoms with Crippen LogP contribution >= 0.6 is 11.6 Å². The minimum Gasteiger partial charge on any atom is -0.396 e. The van der Waals surface area contributed by atoms with Crippen LogP contribution < -0.4 is 5.73 Å². The molecule has 1 unspecified atom stereocenters. The van der Waals surface area contributed by atoms with Crippen LogP contribution in [0.4, 0.5) is 0 Å². The Bertz CT molecular complexity index is 501. The number of hydrogen-bond acceptors (Lipinski definition) is 3. The molecule has 1 atom stereocenters. The molecular formula is C12H13ClN2O. The Balaban J connectivity index is 2.61. The van der Waals surface area contributed by atoms with Crippen molar-refractivity contribution in [2.75, 3.05) is 6.61 Å². The predicted molar refractivity (Wildman–Crippen MR) is 65.4 cm³/mol. The summed E-state index contributed by atoms with van der Waals surface area (Å²) < 4.78 is 0. The van der Waals surface area contributed by atoms with E-state index in [-0.39, 0.29) is 12.6 Å². The fraction of sp³-hybridized carbons (Fsp3) is 0.250. The number of hydrogen-bond donors (Lipinski definition) is 2. The first-order valence-electron chi connectivity index (χ1n) is 5.13. The Kier molecular flexibility index (Phi) is 3.39. The lowest BCUT2D eigenvalue weighted by Crippen LogP contribution is -2.13. The highest BCUT2D eigenvalue weighted by molar-refractivity contribution is 6.32. The fourth-order valence-electron chi connectivity index (χ4n) is 1.78. The number of nitrogens with zero attached hydrogens (tertiary/aromatic N) is 1. The molecule has 2 aromatic rings. The largest absolute Gasteiger partial charge is 0.396 e. The van der Waals surface area contributed by atoms with Gasteiger partial charge in [-0.1, -0.05) is 23.7 Å². The summed E-state index contributed by atoms with van der Waals surface area (Å²) in [5.41, 5.74) is 7.62. The second-order valence-corrected chi connectivity index (χ2v) is 4.06. The molecule has 1 heterocycles. The van der Waals surface area contributed by atoms with Crippen molar-refractivity contribution in [2.24, 2.45) is 5.73 Å². The molecule has 0 radical (unpaired) electrons. The first kappa shape index (κ1) is 11.3. The summed E-state index contributed by atoms with van der Waals surface area (Å²) in [6.07, 6.45) is 2.20. The van der Waals surface area contributed by atoms with Gasteiger partial charge in [0.05, 0.1) is 5.52 Å². The normalized spacial score (nSPS) is 12.9. The molecule has 0 aliphatic rings. The Hall–Kier alpha value is -1.16. The van der Waals surface area contributed by atoms with Gasteiger partial charge in [0.15, 0.2) is 0 Å². The summed E-state index contributed by atoms with van der Waals surface area (Å²) in [5.74, 6) is 0. The highest BCUT2D eigenvalue weighted by Crippen LogP contribution is 2.30. The molecule has 3 nitrogen and oxygen atoms in total. The molecule has 0 fully saturated rings. The van der Waals surface area contributed by atoms with Crippen molar-refractivity contribution in [3.8, 4) is 0 Å². The van der Waals surface area contributed by atoms with Gasteiger partial charge >= 0.3 is 0 Å². The van der Waals surface area contributed by atoms with E-state index in [2.05, 4.69) is 4.98 Å². The molecule has 0 saturated carbocycles. The van der Waals surface area contributed by atoms with Gasteiger partial charge in [-0.2, -0.15) is 0 Å². The number of fused-ring (bicyclic) bond motifs is 1. The van der Waals surface area contributed by atoms with Gasteiger partial charge in [-0.3, -0.25) is 4.98 Å². The molecule has 1 aromatic heterocycles. The van der Waals surface area contributed by atoms with Gasteiger partial charge in [-0.15, -0.1) is 0 Å². The van der Waals surface area contributed by atoms with Crippen molar-refractivity contribution in [3.63, 3.8) is 0 Å². The molecule has 0 amide bonds. The minimum absolute atomic E-state index is 0.0424. The summed E-state index contributed by atoms with van der Waals surface area (Å²) in [5, 5.41) is 10.5. The maximum atomic E-state index is 8.92. The molecule has 16 heavy (non-hydrogen) atoms. The summed E-state index contributed by atoms with van der Waals surface area (Å²) in [7, 11) is 0. The third-order valence-electron chi connectivity index (χ3n) is 2.57. The quantitative estimate of drug-likeness (QED) is 0.860. The maximum absolute atomic E-state index is 8.92. The van der Waals surface area contributed by atoms with Gasteiger partial charge in [0.1, 0.15) is 0 Å². The van der Waals surface area contributed by atoms with Crippen molar-refractivity contribution in [2.45, 2.75) is 12.5 Å². The van der Waals surface area contributed by atoms with Crippen LogP contribution in [0.1, 0.15) is 18.0 Å². The molecule has 0 bridgehead atoms. The smallest absolute Gasteiger partial charge is 0.0764 e. The fourth-order valence-corrected chi connectivity index (χ4v) is 2.07.